The average Bonchev–Trinajstić information content (AvgIpc) is 3.10. The van der Waals surface area contributed by atoms with Gasteiger partial charge in [-0.05, 0) is 48.2 Å². The lowest BCUT2D eigenvalue weighted by molar-refractivity contribution is -0.254. The van der Waals surface area contributed by atoms with Crippen LogP contribution in [-0.2, 0) is 15.9 Å². The summed E-state index contributed by atoms with van der Waals surface area (Å²) in [6.45, 7) is 2.66. The van der Waals surface area contributed by atoms with Gasteiger partial charge in [0.25, 0.3) is 0 Å². The van der Waals surface area contributed by atoms with Crippen molar-refractivity contribution in [1.82, 2.24) is 0 Å². The highest BCUT2D eigenvalue weighted by Gasteiger charge is 2.57. The van der Waals surface area contributed by atoms with E-state index < -0.39 is 30.0 Å². The number of benzene rings is 2. The highest BCUT2D eigenvalue weighted by molar-refractivity contribution is 6.31. The quantitative estimate of drug-likeness (QED) is 0.687. The number of aliphatic hydroxyl groups excluding tert-OH is 2. The third kappa shape index (κ3) is 3.89. The van der Waals surface area contributed by atoms with Crippen molar-refractivity contribution in [2.45, 2.75) is 43.4 Å². The number of ether oxygens (including phenoxy) is 3. The zero-order valence-electron chi connectivity index (χ0n) is 16.1. The van der Waals surface area contributed by atoms with E-state index in [9.17, 15) is 15.3 Å². The van der Waals surface area contributed by atoms with Crippen molar-refractivity contribution in [3.63, 3.8) is 0 Å². The van der Waals surface area contributed by atoms with E-state index in [1.807, 2.05) is 37.3 Å². The molecule has 5 atom stereocenters. The van der Waals surface area contributed by atoms with E-state index in [1.54, 1.807) is 12.1 Å². The summed E-state index contributed by atoms with van der Waals surface area (Å²) in [7, 11) is 0. The Bertz CT molecular complexity index is 857. The third-order valence-corrected chi connectivity index (χ3v) is 6.01. The first kappa shape index (κ1) is 20.6. The minimum atomic E-state index is -1.59. The molecule has 2 aromatic carbocycles. The number of aliphatic hydroxyl groups is 3. The van der Waals surface area contributed by atoms with E-state index in [2.05, 4.69) is 0 Å². The molecule has 0 saturated carbocycles. The maximum Gasteiger partial charge on any atom is 0.145 e. The van der Waals surface area contributed by atoms with Crippen LogP contribution in [0.3, 0.4) is 0 Å². The van der Waals surface area contributed by atoms with Gasteiger partial charge in [-0.25, -0.2) is 0 Å². The summed E-state index contributed by atoms with van der Waals surface area (Å²) in [4.78, 5) is 0. The Balaban J connectivity index is 1.56. The second-order valence-corrected chi connectivity index (χ2v) is 8.00. The van der Waals surface area contributed by atoms with Crippen LogP contribution in [0.4, 0.5) is 0 Å². The fourth-order valence-electron chi connectivity index (χ4n) is 3.99. The minimum absolute atomic E-state index is 0.0633. The molecule has 0 unspecified atom stereocenters. The van der Waals surface area contributed by atoms with Crippen molar-refractivity contribution in [3.05, 3.63) is 64.2 Å². The van der Waals surface area contributed by atoms with Gasteiger partial charge < -0.3 is 29.5 Å². The van der Waals surface area contributed by atoms with Crippen molar-refractivity contribution in [2.24, 2.45) is 0 Å². The van der Waals surface area contributed by atoms with Gasteiger partial charge >= 0.3 is 0 Å². The normalized spacial score (nSPS) is 31.5. The number of fused-ring (bicyclic) bond motifs is 1. The monoisotopic (exact) mass is 420 g/mol. The summed E-state index contributed by atoms with van der Waals surface area (Å²) in [6.07, 6.45) is -3.53. The second-order valence-electron chi connectivity index (χ2n) is 7.59. The molecule has 0 amide bonds. The van der Waals surface area contributed by atoms with Gasteiger partial charge in [0.15, 0.2) is 0 Å². The van der Waals surface area contributed by atoms with Crippen molar-refractivity contribution >= 4 is 11.6 Å². The van der Waals surface area contributed by atoms with Gasteiger partial charge in [-0.1, -0.05) is 35.9 Å². The van der Waals surface area contributed by atoms with Crippen LogP contribution in [0.5, 0.6) is 5.75 Å². The Hall–Kier alpha value is -1.67. The van der Waals surface area contributed by atoms with E-state index in [-0.39, 0.29) is 13.2 Å². The molecule has 7 heteroatoms. The van der Waals surface area contributed by atoms with Gasteiger partial charge in [-0.15, -0.1) is 0 Å². The lowest BCUT2D eigenvalue weighted by Crippen LogP contribution is -2.63. The third-order valence-electron chi connectivity index (χ3n) is 5.64. The molecule has 156 valence electrons. The molecule has 2 fully saturated rings. The van der Waals surface area contributed by atoms with Crippen LogP contribution in [-0.4, -0.2) is 59.1 Å². The fourth-order valence-corrected chi connectivity index (χ4v) is 4.18. The maximum absolute atomic E-state index is 10.6. The summed E-state index contributed by atoms with van der Waals surface area (Å²) in [5.74, 6) is 0.815. The van der Waals surface area contributed by atoms with Gasteiger partial charge in [0.2, 0.25) is 0 Å². The zero-order chi connectivity index (χ0) is 20.6. The van der Waals surface area contributed by atoms with Gasteiger partial charge in [-0.3, -0.25) is 0 Å². The molecule has 0 aromatic heterocycles. The first-order chi connectivity index (χ1) is 13.9. The Labute approximate surface area is 174 Å². The van der Waals surface area contributed by atoms with E-state index in [0.29, 0.717) is 23.6 Å². The van der Waals surface area contributed by atoms with Crippen LogP contribution >= 0.6 is 11.6 Å². The standard InChI is InChI=1S/C22H25ClO6/c1-2-28-16-6-3-13(4-7-16)9-15-10-14(5-8-17(15)23)20-19(24)21(25)22(26)12-27-11-18(22)29-20/h3-8,10,18-21,24-26H,2,9,11-12H2,1H3/t18-,19+,20+,21-,22+/m1/s1. The number of rotatable bonds is 5. The molecular formula is C22H25ClO6. The van der Waals surface area contributed by atoms with Crippen molar-refractivity contribution in [2.75, 3.05) is 19.8 Å². The molecule has 0 radical (unpaired) electrons. The molecule has 2 saturated heterocycles. The molecule has 4 rings (SSSR count). The van der Waals surface area contributed by atoms with E-state index in [0.717, 1.165) is 16.9 Å². The summed E-state index contributed by atoms with van der Waals surface area (Å²) >= 11 is 6.40. The predicted octanol–water partition coefficient (Wildman–Crippen LogP) is 2.25. The summed E-state index contributed by atoms with van der Waals surface area (Å²) in [5.41, 5.74) is 1.04. The molecule has 2 aliphatic rings. The van der Waals surface area contributed by atoms with Gasteiger partial charge in [0.1, 0.15) is 35.8 Å². The highest BCUT2D eigenvalue weighted by atomic mass is 35.5. The molecule has 2 aromatic rings. The molecule has 29 heavy (non-hydrogen) atoms. The van der Waals surface area contributed by atoms with Crippen molar-refractivity contribution in [3.8, 4) is 5.75 Å². The van der Waals surface area contributed by atoms with Gasteiger partial charge in [0, 0.05) is 5.02 Å². The number of halogens is 1. The Morgan fingerprint density at radius 1 is 1.17 bits per heavy atom. The molecule has 6 nitrogen and oxygen atoms in total. The predicted molar refractivity (Wildman–Crippen MR) is 107 cm³/mol. The van der Waals surface area contributed by atoms with E-state index in [4.69, 9.17) is 25.8 Å². The smallest absolute Gasteiger partial charge is 0.145 e. The topological polar surface area (TPSA) is 88.4 Å². The number of hydrogen-bond acceptors (Lipinski definition) is 6. The Morgan fingerprint density at radius 2 is 1.93 bits per heavy atom. The van der Waals surface area contributed by atoms with Gasteiger partial charge in [0.05, 0.1) is 19.8 Å². The Kier molecular flexibility index (Phi) is 5.84. The van der Waals surface area contributed by atoms with E-state index >= 15 is 0 Å². The van der Waals surface area contributed by atoms with Crippen LogP contribution in [0.1, 0.15) is 29.7 Å². The first-order valence-electron chi connectivity index (χ1n) is 9.74. The average molecular weight is 421 g/mol. The second kappa shape index (κ2) is 8.22. The largest absolute Gasteiger partial charge is 0.494 e. The lowest BCUT2D eigenvalue weighted by atomic mass is 9.82. The molecule has 0 bridgehead atoms. The van der Waals surface area contributed by atoms with Crippen molar-refractivity contribution in [1.29, 1.82) is 0 Å². The SMILES string of the molecule is CCOc1ccc(Cc2cc([C@@H]3O[C@@H]4COC[C@@]4(O)[C@H](O)[C@H]3O)ccc2Cl)cc1. The molecule has 3 N–H and O–H groups in total. The maximum atomic E-state index is 10.6. The van der Waals surface area contributed by atoms with Gasteiger partial charge in [-0.2, -0.15) is 0 Å². The highest BCUT2D eigenvalue weighted by Crippen LogP contribution is 2.41. The van der Waals surface area contributed by atoms with Crippen LogP contribution in [0, 0.1) is 0 Å². The minimum Gasteiger partial charge on any atom is -0.494 e. The van der Waals surface area contributed by atoms with Crippen LogP contribution in [0.2, 0.25) is 5.02 Å². The summed E-state index contributed by atoms with van der Waals surface area (Å²) in [6, 6.07) is 13.2. The Morgan fingerprint density at radius 3 is 2.66 bits per heavy atom. The lowest BCUT2D eigenvalue weighted by Gasteiger charge is -2.44. The molecule has 2 aliphatic heterocycles. The molecular weight excluding hydrogens is 396 g/mol. The van der Waals surface area contributed by atoms with Crippen LogP contribution in [0.15, 0.2) is 42.5 Å². The molecule has 0 spiro atoms. The zero-order valence-corrected chi connectivity index (χ0v) is 16.9. The van der Waals surface area contributed by atoms with Crippen LogP contribution in [0.25, 0.3) is 0 Å². The summed E-state index contributed by atoms with van der Waals surface area (Å²) in [5, 5.41) is 32.2. The van der Waals surface area contributed by atoms with E-state index in [1.165, 1.54) is 0 Å². The first-order valence-corrected chi connectivity index (χ1v) is 10.1. The molecule has 2 heterocycles. The summed E-state index contributed by atoms with van der Waals surface area (Å²) < 4.78 is 16.7. The number of hydrogen-bond donors (Lipinski definition) is 3. The molecule has 0 aliphatic carbocycles. The van der Waals surface area contributed by atoms with Crippen LogP contribution < -0.4 is 4.74 Å². The fraction of sp³-hybridized carbons (Fsp3) is 0.455. The van der Waals surface area contributed by atoms with Crippen molar-refractivity contribution < 1.29 is 29.5 Å².